The molecule has 0 aliphatic heterocycles. The van der Waals surface area contributed by atoms with Crippen LogP contribution in [0.1, 0.15) is 30.5 Å². The Hall–Kier alpha value is -1.68. The number of hydrazine groups is 1. The minimum atomic E-state index is 0.510. The second kappa shape index (κ2) is 7.93. The molecule has 0 saturated heterocycles. The maximum atomic E-state index is 5.35. The zero-order valence-corrected chi connectivity index (χ0v) is 12.9. The number of rotatable bonds is 7. The smallest absolute Gasteiger partial charge is 0.0348 e. The third-order valence-corrected chi connectivity index (χ3v) is 3.67. The van der Waals surface area contributed by atoms with Crippen molar-refractivity contribution in [1.29, 1.82) is 0 Å². The van der Waals surface area contributed by atoms with Crippen LogP contribution in [0.15, 0.2) is 54.6 Å². The summed E-state index contributed by atoms with van der Waals surface area (Å²) < 4.78 is 0. The van der Waals surface area contributed by atoms with Crippen LogP contribution in [0.3, 0.4) is 0 Å². The molecule has 3 heteroatoms. The van der Waals surface area contributed by atoms with Crippen molar-refractivity contribution in [2.75, 3.05) is 0 Å². The van der Waals surface area contributed by atoms with E-state index in [0.717, 1.165) is 13.1 Å². The zero-order valence-electron chi connectivity index (χ0n) is 12.9. The van der Waals surface area contributed by atoms with E-state index in [2.05, 4.69) is 78.8 Å². The molecule has 2 aromatic carbocycles. The summed E-state index contributed by atoms with van der Waals surface area (Å²) in [6, 6.07) is 19.8. The average molecular weight is 283 g/mol. The molecule has 112 valence electrons. The van der Waals surface area contributed by atoms with Crippen LogP contribution in [-0.2, 0) is 19.6 Å². The van der Waals surface area contributed by atoms with E-state index in [-0.39, 0.29) is 0 Å². The van der Waals surface area contributed by atoms with Crippen molar-refractivity contribution in [3.8, 4) is 0 Å². The number of nitrogens with one attached hydrogen (secondary N) is 1. The second-order valence-corrected chi connectivity index (χ2v) is 5.68. The fourth-order valence-corrected chi connectivity index (χ4v) is 2.35. The summed E-state index contributed by atoms with van der Waals surface area (Å²) in [7, 11) is 0. The molecular formula is C18H25N3. The van der Waals surface area contributed by atoms with Crippen molar-refractivity contribution < 1.29 is 0 Å². The predicted molar refractivity (Wildman–Crippen MR) is 88.3 cm³/mol. The van der Waals surface area contributed by atoms with Crippen LogP contribution in [0.25, 0.3) is 0 Å². The van der Waals surface area contributed by atoms with E-state index in [1.165, 1.54) is 16.7 Å². The van der Waals surface area contributed by atoms with Crippen LogP contribution >= 0.6 is 0 Å². The SMILES string of the molecule is CC(C)N(Cc1ccccc1)Cc1ccc(CNN)cc1. The van der Waals surface area contributed by atoms with Gasteiger partial charge in [-0.15, -0.1) is 0 Å². The van der Waals surface area contributed by atoms with Crippen LogP contribution in [0.2, 0.25) is 0 Å². The molecule has 0 atom stereocenters. The lowest BCUT2D eigenvalue weighted by molar-refractivity contribution is 0.203. The monoisotopic (exact) mass is 283 g/mol. The van der Waals surface area contributed by atoms with E-state index in [0.29, 0.717) is 12.6 Å². The van der Waals surface area contributed by atoms with E-state index >= 15 is 0 Å². The second-order valence-electron chi connectivity index (χ2n) is 5.68. The van der Waals surface area contributed by atoms with Gasteiger partial charge in [0.2, 0.25) is 0 Å². The van der Waals surface area contributed by atoms with E-state index in [9.17, 15) is 0 Å². The van der Waals surface area contributed by atoms with Crippen LogP contribution < -0.4 is 11.3 Å². The predicted octanol–water partition coefficient (Wildman–Crippen LogP) is 3.06. The number of hydrogen-bond acceptors (Lipinski definition) is 3. The van der Waals surface area contributed by atoms with Crippen molar-refractivity contribution in [3.63, 3.8) is 0 Å². The molecule has 0 aliphatic rings. The number of hydrogen-bond donors (Lipinski definition) is 2. The van der Waals surface area contributed by atoms with Gasteiger partial charge >= 0.3 is 0 Å². The van der Waals surface area contributed by atoms with Crippen LogP contribution in [0, 0.1) is 0 Å². The quantitative estimate of drug-likeness (QED) is 0.606. The van der Waals surface area contributed by atoms with Crippen molar-refractivity contribution in [1.82, 2.24) is 10.3 Å². The number of benzene rings is 2. The third-order valence-electron chi connectivity index (χ3n) is 3.67. The fraction of sp³-hybridized carbons (Fsp3) is 0.333. The number of nitrogens with zero attached hydrogens (tertiary/aromatic N) is 1. The molecule has 3 N–H and O–H groups in total. The molecular weight excluding hydrogens is 258 g/mol. The minimum absolute atomic E-state index is 0.510. The highest BCUT2D eigenvalue weighted by Gasteiger charge is 2.10. The van der Waals surface area contributed by atoms with Gasteiger partial charge in [-0.3, -0.25) is 16.2 Å². The Kier molecular flexibility index (Phi) is 5.93. The van der Waals surface area contributed by atoms with Gasteiger partial charge in [0.15, 0.2) is 0 Å². The normalized spacial score (nSPS) is 11.3. The topological polar surface area (TPSA) is 41.3 Å². The number of nitrogens with two attached hydrogens (primary N) is 1. The van der Waals surface area contributed by atoms with Gasteiger partial charge in [0.25, 0.3) is 0 Å². The first-order valence-corrected chi connectivity index (χ1v) is 7.48. The molecule has 2 rings (SSSR count). The zero-order chi connectivity index (χ0) is 15.1. The average Bonchev–Trinajstić information content (AvgIpc) is 2.50. The van der Waals surface area contributed by atoms with E-state index in [1.54, 1.807) is 0 Å². The molecule has 0 bridgehead atoms. The summed E-state index contributed by atoms with van der Waals surface area (Å²) >= 11 is 0. The van der Waals surface area contributed by atoms with Crippen LogP contribution in [0.5, 0.6) is 0 Å². The molecule has 21 heavy (non-hydrogen) atoms. The molecule has 0 saturated carbocycles. The maximum absolute atomic E-state index is 5.35. The molecule has 0 heterocycles. The first kappa shape index (κ1) is 15.7. The summed E-state index contributed by atoms with van der Waals surface area (Å²) in [4.78, 5) is 2.48. The first-order valence-electron chi connectivity index (χ1n) is 7.48. The molecule has 0 radical (unpaired) electrons. The van der Waals surface area contributed by atoms with E-state index in [4.69, 9.17) is 5.84 Å². The van der Waals surface area contributed by atoms with Gasteiger partial charge in [-0.2, -0.15) is 0 Å². The molecule has 0 spiro atoms. The summed E-state index contributed by atoms with van der Waals surface area (Å²) in [5.74, 6) is 5.35. The Balaban J connectivity index is 2.02. The van der Waals surface area contributed by atoms with Crippen molar-refractivity contribution in [2.45, 2.75) is 39.5 Å². The Morgan fingerprint density at radius 1 is 0.857 bits per heavy atom. The lowest BCUT2D eigenvalue weighted by Gasteiger charge is -2.26. The molecule has 2 aromatic rings. The Labute approximate surface area is 127 Å². The third kappa shape index (κ3) is 4.97. The standard InChI is InChI=1S/C18H25N3/c1-15(2)21(13-17-6-4-3-5-7-17)14-18-10-8-16(9-11-18)12-20-19/h3-11,15,20H,12-14,19H2,1-2H3. The summed E-state index contributed by atoms with van der Waals surface area (Å²) in [5.41, 5.74) is 6.58. The lowest BCUT2D eigenvalue weighted by Crippen LogP contribution is -2.29. The first-order chi connectivity index (χ1) is 10.2. The summed E-state index contributed by atoms with van der Waals surface area (Å²) in [6.45, 7) is 7.14. The maximum Gasteiger partial charge on any atom is 0.0348 e. The van der Waals surface area contributed by atoms with Gasteiger partial charge < -0.3 is 0 Å². The van der Waals surface area contributed by atoms with Crippen molar-refractivity contribution in [2.24, 2.45) is 5.84 Å². The van der Waals surface area contributed by atoms with Crippen molar-refractivity contribution >= 4 is 0 Å². The van der Waals surface area contributed by atoms with Gasteiger partial charge in [-0.1, -0.05) is 54.6 Å². The van der Waals surface area contributed by atoms with Gasteiger partial charge in [0.05, 0.1) is 0 Å². The summed E-state index contributed by atoms with van der Waals surface area (Å²) in [5, 5.41) is 0. The molecule has 0 unspecified atom stereocenters. The highest BCUT2D eigenvalue weighted by atomic mass is 15.2. The Bertz CT molecular complexity index is 520. The van der Waals surface area contributed by atoms with Crippen LogP contribution in [-0.4, -0.2) is 10.9 Å². The van der Waals surface area contributed by atoms with Crippen molar-refractivity contribution in [3.05, 3.63) is 71.3 Å². The largest absolute Gasteiger partial charge is 0.292 e. The molecule has 3 nitrogen and oxygen atoms in total. The molecule has 0 fully saturated rings. The Morgan fingerprint density at radius 3 is 1.90 bits per heavy atom. The fourth-order valence-electron chi connectivity index (χ4n) is 2.35. The van der Waals surface area contributed by atoms with Gasteiger partial charge in [0, 0.05) is 25.7 Å². The van der Waals surface area contributed by atoms with Gasteiger partial charge in [-0.25, -0.2) is 0 Å². The molecule has 0 aliphatic carbocycles. The Morgan fingerprint density at radius 2 is 1.38 bits per heavy atom. The molecule has 0 amide bonds. The minimum Gasteiger partial charge on any atom is -0.292 e. The summed E-state index contributed by atoms with van der Waals surface area (Å²) in [6.07, 6.45) is 0. The van der Waals surface area contributed by atoms with E-state index in [1.807, 2.05) is 0 Å². The van der Waals surface area contributed by atoms with Gasteiger partial charge in [-0.05, 0) is 30.5 Å². The highest BCUT2D eigenvalue weighted by molar-refractivity contribution is 5.23. The highest BCUT2D eigenvalue weighted by Crippen LogP contribution is 2.14. The van der Waals surface area contributed by atoms with Crippen LogP contribution in [0.4, 0.5) is 0 Å². The van der Waals surface area contributed by atoms with E-state index < -0.39 is 0 Å². The lowest BCUT2D eigenvalue weighted by atomic mass is 10.1. The van der Waals surface area contributed by atoms with Gasteiger partial charge in [0.1, 0.15) is 0 Å². The molecule has 0 aromatic heterocycles.